The van der Waals surface area contributed by atoms with E-state index in [2.05, 4.69) is 16.4 Å². The normalized spacial score (nSPS) is 12.5. The second kappa shape index (κ2) is 7.55. The molecule has 0 spiro atoms. The number of Topliss-reactive ketones (excluding diaryl/α,β-unsaturated/α-hetero) is 1. The standard InChI is InChI=1S/C21H15N3O3S/c1-13(25)16-7-19-20(27-12-26-19)8-17(16)23-10-15(9-22)21-24-18(11-28-21)14-5-3-2-4-6-14/h2-8,10-11,23H,12H2,1H3/b15-10+. The van der Waals surface area contributed by atoms with Gasteiger partial charge in [0.15, 0.2) is 17.3 Å². The van der Waals surface area contributed by atoms with Gasteiger partial charge < -0.3 is 14.8 Å². The number of rotatable bonds is 5. The minimum Gasteiger partial charge on any atom is -0.454 e. The summed E-state index contributed by atoms with van der Waals surface area (Å²) in [5.41, 5.74) is 3.18. The van der Waals surface area contributed by atoms with Gasteiger partial charge in [-0.25, -0.2) is 4.98 Å². The lowest BCUT2D eigenvalue weighted by atomic mass is 10.1. The van der Waals surface area contributed by atoms with Crippen molar-refractivity contribution < 1.29 is 14.3 Å². The van der Waals surface area contributed by atoms with E-state index < -0.39 is 0 Å². The summed E-state index contributed by atoms with van der Waals surface area (Å²) >= 11 is 1.39. The van der Waals surface area contributed by atoms with Gasteiger partial charge in [-0.2, -0.15) is 5.26 Å². The smallest absolute Gasteiger partial charge is 0.231 e. The Kier molecular flexibility index (Phi) is 4.79. The number of anilines is 1. The largest absolute Gasteiger partial charge is 0.454 e. The summed E-state index contributed by atoms with van der Waals surface area (Å²) in [4.78, 5) is 16.5. The molecule has 0 unspecified atom stereocenters. The first-order valence-corrected chi connectivity index (χ1v) is 9.36. The molecule has 0 atom stereocenters. The van der Waals surface area contributed by atoms with Crippen LogP contribution in [0.1, 0.15) is 22.3 Å². The van der Waals surface area contributed by atoms with Gasteiger partial charge in [-0.1, -0.05) is 30.3 Å². The number of hydrogen-bond donors (Lipinski definition) is 1. The lowest BCUT2D eigenvalue weighted by molar-refractivity contribution is 0.101. The minimum atomic E-state index is -0.117. The third-order valence-electron chi connectivity index (χ3n) is 4.19. The molecule has 28 heavy (non-hydrogen) atoms. The second-order valence-corrected chi connectivity index (χ2v) is 6.88. The number of aromatic nitrogens is 1. The van der Waals surface area contributed by atoms with E-state index >= 15 is 0 Å². The molecule has 0 bridgehead atoms. The van der Waals surface area contributed by atoms with E-state index in [0.29, 0.717) is 33.3 Å². The summed E-state index contributed by atoms with van der Waals surface area (Å²) < 4.78 is 10.7. The summed E-state index contributed by atoms with van der Waals surface area (Å²) in [5, 5.41) is 15.1. The number of fused-ring (bicyclic) bond motifs is 1. The summed E-state index contributed by atoms with van der Waals surface area (Å²) in [6.45, 7) is 1.60. The Morgan fingerprint density at radius 2 is 2.00 bits per heavy atom. The summed E-state index contributed by atoms with van der Waals surface area (Å²) in [7, 11) is 0. The van der Waals surface area contributed by atoms with Crippen molar-refractivity contribution >= 4 is 28.4 Å². The van der Waals surface area contributed by atoms with Crippen LogP contribution in [0.3, 0.4) is 0 Å². The van der Waals surface area contributed by atoms with E-state index in [0.717, 1.165) is 11.3 Å². The molecule has 2 aromatic carbocycles. The first-order chi connectivity index (χ1) is 13.7. The van der Waals surface area contributed by atoms with Crippen LogP contribution in [0.25, 0.3) is 16.8 Å². The molecule has 0 amide bonds. The highest BCUT2D eigenvalue weighted by molar-refractivity contribution is 7.11. The maximum Gasteiger partial charge on any atom is 0.231 e. The van der Waals surface area contributed by atoms with Crippen LogP contribution in [0.2, 0.25) is 0 Å². The Morgan fingerprint density at radius 3 is 2.71 bits per heavy atom. The van der Waals surface area contributed by atoms with Crippen LogP contribution >= 0.6 is 11.3 Å². The quantitative estimate of drug-likeness (QED) is 0.502. The average molecular weight is 389 g/mol. The number of nitrogens with zero attached hydrogens (tertiary/aromatic N) is 2. The molecular formula is C21H15N3O3S. The number of benzene rings is 2. The topological polar surface area (TPSA) is 84.2 Å². The molecule has 1 aliphatic rings. The SMILES string of the molecule is CC(=O)c1cc2c(cc1N/C=C(\C#N)c1nc(-c3ccccc3)cs1)OCO2. The molecule has 0 fully saturated rings. The van der Waals surface area contributed by atoms with Gasteiger partial charge in [0.05, 0.1) is 11.4 Å². The highest BCUT2D eigenvalue weighted by Crippen LogP contribution is 2.37. The van der Waals surface area contributed by atoms with Gasteiger partial charge in [0, 0.05) is 28.8 Å². The van der Waals surface area contributed by atoms with Crippen LogP contribution in [0.4, 0.5) is 5.69 Å². The van der Waals surface area contributed by atoms with Crippen LogP contribution in [-0.2, 0) is 0 Å². The monoisotopic (exact) mass is 389 g/mol. The lowest BCUT2D eigenvalue weighted by Crippen LogP contribution is -2.00. The van der Waals surface area contributed by atoms with Gasteiger partial charge in [-0.15, -0.1) is 11.3 Å². The number of thiazole rings is 1. The average Bonchev–Trinajstić information content (AvgIpc) is 3.38. The van der Waals surface area contributed by atoms with Crippen LogP contribution < -0.4 is 14.8 Å². The van der Waals surface area contributed by atoms with Crippen molar-refractivity contribution in [1.29, 1.82) is 5.26 Å². The highest BCUT2D eigenvalue weighted by atomic mass is 32.1. The van der Waals surface area contributed by atoms with Gasteiger partial charge >= 0.3 is 0 Å². The Morgan fingerprint density at radius 1 is 1.25 bits per heavy atom. The van der Waals surface area contributed by atoms with Crippen molar-refractivity contribution in [2.45, 2.75) is 6.92 Å². The predicted molar refractivity (Wildman–Crippen MR) is 107 cm³/mol. The number of ether oxygens (including phenoxy) is 2. The summed E-state index contributed by atoms with van der Waals surface area (Å²) in [6, 6.07) is 15.3. The maximum atomic E-state index is 12.0. The Bertz CT molecular complexity index is 1110. The zero-order chi connectivity index (χ0) is 19.5. The van der Waals surface area contributed by atoms with Crippen molar-refractivity contribution in [3.63, 3.8) is 0 Å². The summed E-state index contributed by atoms with van der Waals surface area (Å²) in [5.74, 6) is 0.973. The van der Waals surface area contributed by atoms with Crippen LogP contribution in [0.5, 0.6) is 11.5 Å². The fraction of sp³-hybridized carbons (Fsp3) is 0.0952. The zero-order valence-electron chi connectivity index (χ0n) is 14.9. The maximum absolute atomic E-state index is 12.0. The number of nitriles is 1. The third-order valence-corrected chi connectivity index (χ3v) is 5.06. The molecule has 0 saturated heterocycles. The van der Waals surface area contributed by atoms with Gasteiger partial charge in [0.1, 0.15) is 16.6 Å². The molecule has 0 radical (unpaired) electrons. The van der Waals surface area contributed by atoms with E-state index in [9.17, 15) is 10.1 Å². The van der Waals surface area contributed by atoms with E-state index in [1.807, 2.05) is 35.7 Å². The minimum absolute atomic E-state index is 0.117. The predicted octanol–water partition coefficient (Wildman–Crippen LogP) is 4.72. The van der Waals surface area contributed by atoms with Crippen LogP contribution in [0.15, 0.2) is 54.0 Å². The van der Waals surface area contributed by atoms with E-state index in [1.54, 1.807) is 18.3 Å². The van der Waals surface area contributed by atoms with Gasteiger partial charge in [0.25, 0.3) is 0 Å². The fourth-order valence-corrected chi connectivity index (χ4v) is 3.58. The molecule has 7 heteroatoms. The molecule has 1 N–H and O–H groups in total. The van der Waals surface area contributed by atoms with Crippen molar-refractivity contribution in [3.8, 4) is 28.8 Å². The molecule has 0 aliphatic carbocycles. The molecule has 0 saturated carbocycles. The highest BCUT2D eigenvalue weighted by Gasteiger charge is 2.19. The molecule has 1 aliphatic heterocycles. The molecule has 3 aromatic rings. The fourth-order valence-electron chi connectivity index (χ4n) is 2.78. The van der Waals surface area contributed by atoms with Crippen molar-refractivity contribution in [2.75, 3.05) is 12.1 Å². The van der Waals surface area contributed by atoms with Gasteiger partial charge in [0.2, 0.25) is 6.79 Å². The van der Waals surface area contributed by atoms with E-state index in [-0.39, 0.29) is 12.6 Å². The third kappa shape index (κ3) is 3.46. The second-order valence-electron chi connectivity index (χ2n) is 6.03. The van der Waals surface area contributed by atoms with E-state index in [4.69, 9.17) is 9.47 Å². The first kappa shape index (κ1) is 17.8. The first-order valence-electron chi connectivity index (χ1n) is 8.48. The number of carbonyl (C=O) groups excluding carboxylic acids is 1. The number of ketones is 1. The number of allylic oxidation sites excluding steroid dienone is 1. The van der Waals surface area contributed by atoms with E-state index in [1.165, 1.54) is 18.3 Å². The Labute approximate surface area is 165 Å². The Balaban J connectivity index is 1.63. The van der Waals surface area contributed by atoms with Crippen molar-refractivity contribution in [3.05, 3.63) is 64.6 Å². The summed E-state index contributed by atoms with van der Waals surface area (Å²) in [6.07, 6.45) is 1.55. The van der Waals surface area contributed by atoms with Gasteiger partial charge in [-0.05, 0) is 13.0 Å². The number of nitrogens with one attached hydrogen (secondary N) is 1. The molecule has 1 aromatic heterocycles. The molecule has 138 valence electrons. The number of carbonyl (C=O) groups is 1. The molecule has 2 heterocycles. The Hall–Kier alpha value is -3.63. The van der Waals surface area contributed by atoms with Crippen LogP contribution in [-0.4, -0.2) is 17.6 Å². The van der Waals surface area contributed by atoms with Gasteiger partial charge in [-0.3, -0.25) is 4.79 Å². The molecular weight excluding hydrogens is 374 g/mol. The van der Waals surface area contributed by atoms with Crippen molar-refractivity contribution in [2.24, 2.45) is 0 Å². The lowest BCUT2D eigenvalue weighted by Gasteiger charge is -2.08. The number of hydrogen-bond acceptors (Lipinski definition) is 7. The zero-order valence-corrected chi connectivity index (χ0v) is 15.7. The molecule has 6 nitrogen and oxygen atoms in total. The van der Waals surface area contributed by atoms with Crippen LogP contribution in [0, 0.1) is 11.3 Å². The van der Waals surface area contributed by atoms with Crippen molar-refractivity contribution in [1.82, 2.24) is 4.98 Å². The molecule has 4 rings (SSSR count).